The van der Waals surface area contributed by atoms with Gasteiger partial charge in [-0.15, -0.1) is 0 Å². The lowest BCUT2D eigenvalue weighted by molar-refractivity contribution is -0.120. The summed E-state index contributed by atoms with van der Waals surface area (Å²) in [6, 6.07) is 7.38. The monoisotopic (exact) mass is 274 g/mol. The van der Waals surface area contributed by atoms with Crippen molar-refractivity contribution in [3.8, 4) is 0 Å². The minimum atomic E-state index is 0.132. The van der Waals surface area contributed by atoms with E-state index in [1.807, 2.05) is 24.3 Å². The summed E-state index contributed by atoms with van der Waals surface area (Å²) in [5.41, 5.74) is 2.21. The first-order chi connectivity index (χ1) is 9.70. The summed E-state index contributed by atoms with van der Waals surface area (Å²) < 4.78 is 0. The summed E-state index contributed by atoms with van der Waals surface area (Å²) in [6.07, 6.45) is 6.81. The number of anilines is 1. The molecule has 1 amide bonds. The molecule has 0 heterocycles. The molecule has 4 nitrogen and oxygen atoms in total. The van der Waals surface area contributed by atoms with E-state index in [4.69, 9.17) is 5.21 Å². The summed E-state index contributed by atoms with van der Waals surface area (Å²) in [7, 11) is 0. The summed E-state index contributed by atoms with van der Waals surface area (Å²) >= 11 is 0. The number of oxime groups is 1. The molecule has 0 bridgehead atoms. The van der Waals surface area contributed by atoms with Crippen LogP contribution in [0, 0.1) is 5.92 Å². The fourth-order valence-electron chi connectivity index (χ4n) is 2.64. The third kappa shape index (κ3) is 3.83. The van der Waals surface area contributed by atoms with E-state index < -0.39 is 0 Å². The van der Waals surface area contributed by atoms with Gasteiger partial charge in [0.05, 0.1) is 5.71 Å². The quantitative estimate of drug-likeness (QED) is 0.381. The Kier molecular flexibility index (Phi) is 5.16. The maximum Gasteiger partial charge on any atom is 0.227 e. The first kappa shape index (κ1) is 14.6. The Balaban J connectivity index is 1.97. The van der Waals surface area contributed by atoms with Crippen molar-refractivity contribution in [2.45, 2.75) is 45.4 Å². The van der Waals surface area contributed by atoms with Crippen molar-refractivity contribution < 1.29 is 10.0 Å². The highest BCUT2D eigenvalue weighted by atomic mass is 16.4. The Morgan fingerprint density at radius 2 is 1.75 bits per heavy atom. The normalized spacial score (nSPS) is 17.6. The second kappa shape index (κ2) is 7.08. The van der Waals surface area contributed by atoms with Gasteiger partial charge in [0.2, 0.25) is 5.91 Å². The first-order valence-corrected chi connectivity index (χ1v) is 7.30. The zero-order valence-corrected chi connectivity index (χ0v) is 11.9. The number of carbonyl (C=O) groups excluding carboxylic acids is 1. The molecule has 2 rings (SSSR count). The van der Waals surface area contributed by atoms with Crippen LogP contribution in [-0.4, -0.2) is 16.8 Å². The predicted octanol–water partition coefficient (Wildman–Crippen LogP) is 3.79. The van der Waals surface area contributed by atoms with Gasteiger partial charge >= 0.3 is 0 Å². The molecule has 0 aliphatic heterocycles. The molecule has 1 aromatic rings. The molecule has 0 aromatic heterocycles. The van der Waals surface area contributed by atoms with Crippen molar-refractivity contribution in [3.63, 3.8) is 0 Å². The van der Waals surface area contributed by atoms with Crippen LogP contribution in [0.15, 0.2) is 29.4 Å². The maximum atomic E-state index is 12.2. The standard InChI is InChI=1S/C16H22N2O2/c1-12(18-20)13-8-10-15(11-9-13)17-16(19)14-6-4-2-3-5-7-14/h8-11,14,20H,2-7H2,1H3,(H,17,19). The molecule has 1 aliphatic rings. The highest BCUT2D eigenvalue weighted by molar-refractivity contribution is 5.99. The van der Waals surface area contributed by atoms with Gasteiger partial charge in [-0.2, -0.15) is 0 Å². The highest BCUT2D eigenvalue weighted by Crippen LogP contribution is 2.24. The Bertz CT molecular complexity index is 472. The number of nitrogens with zero attached hydrogens (tertiary/aromatic N) is 1. The molecule has 1 fully saturated rings. The van der Waals surface area contributed by atoms with Gasteiger partial charge in [-0.25, -0.2) is 0 Å². The zero-order chi connectivity index (χ0) is 14.4. The van der Waals surface area contributed by atoms with E-state index >= 15 is 0 Å². The van der Waals surface area contributed by atoms with Crippen LogP contribution >= 0.6 is 0 Å². The number of hydrogen-bond donors (Lipinski definition) is 2. The summed E-state index contributed by atoms with van der Waals surface area (Å²) in [6.45, 7) is 1.74. The van der Waals surface area contributed by atoms with Crippen molar-refractivity contribution in [3.05, 3.63) is 29.8 Å². The van der Waals surface area contributed by atoms with Crippen LogP contribution in [0.1, 0.15) is 51.0 Å². The molecular weight excluding hydrogens is 252 g/mol. The number of amides is 1. The zero-order valence-electron chi connectivity index (χ0n) is 11.9. The topological polar surface area (TPSA) is 61.7 Å². The number of carbonyl (C=O) groups is 1. The van der Waals surface area contributed by atoms with E-state index in [9.17, 15) is 4.79 Å². The Hall–Kier alpha value is -1.84. The maximum absolute atomic E-state index is 12.2. The largest absolute Gasteiger partial charge is 0.411 e. The minimum absolute atomic E-state index is 0.132. The Labute approximate surface area is 119 Å². The Morgan fingerprint density at radius 3 is 2.30 bits per heavy atom. The van der Waals surface area contributed by atoms with Crippen LogP contribution in [0.2, 0.25) is 0 Å². The molecule has 0 saturated heterocycles. The fraction of sp³-hybridized carbons (Fsp3) is 0.500. The van der Waals surface area contributed by atoms with Crippen molar-refractivity contribution in [1.29, 1.82) is 0 Å². The minimum Gasteiger partial charge on any atom is -0.411 e. The van der Waals surface area contributed by atoms with E-state index in [1.165, 1.54) is 12.8 Å². The lowest BCUT2D eigenvalue weighted by atomic mass is 9.99. The fourth-order valence-corrected chi connectivity index (χ4v) is 2.64. The Morgan fingerprint density at radius 1 is 1.15 bits per heavy atom. The first-order valence-electron chi connectivity index (χ1n) is 7.30. The van der Waals surface area contributed by atoms with Gasteiger partial charge in [-0.1, -0.05) is 43.0 Å². The SMILES string of the molecule is CC(=NO)c1ccc(NC(=O)C2CCCCCC2)cc1. The van der Waals surface area contributed by atoms with E-state index in [1.54, 1.807) is 6.92 Å². The molecule has 20 heavy (non-hydrogen) atoms. The van der Waals surface area contributed by atoms with Crippen LogP contribution in [0.4, 0.5) is 5.69 Å². The summed E-state index contributed by atoms with van der Waals surface area (Å²) in [5, 5.41) is 14.9. The van der Waals surface area contributed by atoms with Crippen LogP contribution in [-0.2, 0) is 4.79 Å². The van der Waals surface area contributed by atoms with E-state index in [2.05, 4.69) is 10.5 Å². The predicted molar refractivity (Wildman–Crippen MR) is 80.3 cm³/mol. The molecule has 1 aromatic carbocycles. The van der Waals surface area contributed by atoms with Crippen LogP contribution < -0.4 is 5.32 Å². The molecule has 1 aliphatic carbocycles. The van der Waals surface area contributed by atoms with Gasteiger partial charge in [0.15, 0.2) is 0 Å². The molecule has 0 unspecified atom stereocenters. The van der Waals surface area contributed by atoms with Crippen LogP contribution in [0.3, 0.4) is 0 Å². The molecule has 0 spiro atoms. The molecular formula is C16H22N2O2. The average molecular weight is 274 g/mol. The van der Waals surface area contributed by atoms with Gasteiger partial charge in [0.1, 0.15) is 0 Å². The van der Waals surface area contributed by atoms with Crippen LogP contribution in [0.25, 0.3) is 0 Å². The molecule has 1 saturated carbocycles. The average Bonchev–Trinajstić information content (AvgIpc) is 2.76. The van der Waals surface area contributed by atoms with E-state index in [0.29, 0.717) is 5.71 Å². The van der Waals surface area contributed by atoms with Crippen molar-refractivity contribution in [2.75, 3.05) is 5.32 Å². The lowest BCUT2D eigenvalue weighted by Gasteiger charge is -2.14. The molecule has 2 N–H and O–H groups in total. The van der Waals surface area contributed by atoms with Gasteiger partial charge in [-0.05, 0) is 37.5 Å². The molecule has 0 radical (unpaired) electrons. The molecule has 108 valence electrons. The molecule has 0 atom stereocenters. The summed E-state index contributed by atoms with van der Waals surface area (Å²) in [5.74, 6) is 0.283. The highest BCUT2D eigenvalue weighted by Gasteiger charge is 2.19. The number of benzene rings is 1. The van der Waals surface area contributed by atoms with Gasteiger partial charge < -0.3 is 10.5 Å². The number of rotatable bonds is 3. The van der Waals surface area contributed by atoms with Crippen molar-refractivity contribution >= 4 is 17.3 Å². The van der Waals surface area contributed by atoms with Gasteiger partial charge in [0, 0.05) is 11.6 Å². The third-order valence-electron chi connectivity index (χ3n) is 3.95. The van der Waals surface area contributed by atoms with E-state index in [0.717, 1.165) is 36.9 Å². The van der Waals surface area contributed by atoms with Crippen molar-refractivity contribution in [1.82, 2.24) is 0 Å². The third-order valence-corrected chi connectivity index (χ3v) is 3.95. The van der Waals surface area contributed by atoms with Gasteiger partial charge in [0.25, 0.3) is 0 Å². The lowest BCUT2D eigenvalue weighted by Crippen LogP contribution is -2.22. The smallest absolute Gasteiger partial charge is 0.227 e. The number of hydrogen-bond acceptors (Lipinski definition) is 3. The van der Waals surface area contributed by atoms with Crippen molar-refractivity contribution in [2.24, 2.45) is 11.1 Å². The second-order valence-corrected chi connectivity index (χ2v) is 5.44. The van der Waals surface area contributed by atoms with Gasteiger partial charge in [-0.3, -0.25) is 4.79 Å². The van der Waals surface area contributed by atoms with E-state index in [-0.39, 0.29) is 11.8 Å². The van der Waals surface area contributed by atoms with Crippen LogP contribution in [0.5, 0.6) is 0 Å². The molecule has 4 heteroatoms. The summed E-state index contributed by atoms with van der Waals surface area (Å²) in [4.78, 5) is 12.2. The number of nitrogens with one attached hydrogen (secondary N) is 1. The second-order valence-electron chi connectivity index (χ2n) is 5.44.